The highest BCUT2D eigenvalue weighted by Crippen LogP contribution is 2.17. The SMILES string of the molecule is Cn1ncc2c(NCC(=O)N[C@H]3CCS(=O)(=O)C3)ncnc21. The molecule has 1 fully saturated rings. The number of hydrogen-bond acceptors (Lipinski definition) is 7. The molecule has 3 rings (SSSR count). The number of rotatable bonds is 4. The van der Waals surface area contributed by atoms with Gasteiger partial charge >= 0.3 is 0 Å². The lowest BCUT2D eigenvalue weighted by molar-refractivity contribution is -0.119. The molecule has 2 N–H and O–H groups in total. The average molecular weight is 324 g/mol. The van der Waals surface area contributed by atoms with Crippen molar-refractivity contribution in [1.82, 2.24) is 25.1 Å². The summed E-state index contributed by atoms with van der Waals surface area (Å²) in [5.41, 5.74) is 0.666. The van der Waals surface area contributed by atoms with Crippen molar-refractivity contribution < 1.29 is 13.2 Å². The number of carbonyl (C=O) groups excluding carboxylic acids is 1. The molecule has 3 heterocycles. The van der Waals surface area contributed by atoms with Crippen LogP contribution in [0.15, 0.2) is 12.5 Å². The number of nitrogens with one attached hydrogen (secondary N) is 2. The van der Waals surface area contributed by atoms with Crippen molar-refractivity contribution in [3.8, 4) is 0 Å². The van der Waals surface area contributed by atoms with Crippen LogP contribution in [0.25, 0.3) is 11.0 Å². The third kappa shape index (κ3) is 3.01. The van der Waals surface area contributed by atoms with Gasteiger partial charge in [0.15, 0.2) is 15.5 Å². The summed E-state index contributed by atoms with van der Waals surface area (Å²) in [5, 5.41) is 10.5. The summed E-state index contributed by atoms with van der Waals surface area (Å²) >= 11 is 0. The van der Waals surface area contributed by atoms with E-state index in [0.717, 1.165) is 5.39 Å². The normalized spacial score (nSPS) is 20.1. The van der Waals surface area contributed by atoms with Crippen molar-refractivity contribution >= 4 is 32.6 Å². The van der Waals surface area contributed by atoms with Crippen LogP contribution < -0.4 is 10.6 Å². The number of aryl methyl sites for hydroxylation is 1. The number of anilines is 1. The molecule has 1 atom stereocenters. The molecule has 9 nitrogen and oxygen atoms in total. The van der Waals surface area contributed by atoms with Crippen molar-refractivity contribution in [2.24, 2.45) is 7.05 Å². The van der Waals surface area contributed by atoms with E-state index in [2.05, 4.69) is 25.7 Å². The Balaban J connectivity index is 1.61. The quantitative estimate of drug-likeness (QED) is 0.746. The van der Waals surface area contributed by atoms with Crippen LogP contribution in [0.4, 0.5) is 5.82 Å². The first-order chi connectivity index (χ1) is 10.4. The Morgan fingerprint density at radius 1 is 1.45 bits per heavy atom. The van der Waals surface area contributed by atoms with Crippen LogP contribution in [0.2, 0.25) is 0 Å². The summed E-state index contributed by atoms with van der Waals surface area (Å²) in [5.74, 6) is 0.400. The lowest BCUT2D eigenvalue weighted by Gasteiger charge is -2.11. The molecule has 0 aliphatic carbocycles. The van der Waals surface area contributed by atoms with Crippen LogP contribution in [0.5, 0.6) is 0 Å². The Kier molecular flexibility index (Phi) is 3.69. The molecular formula is C12H16N6O3S. The summed E-state index contributed by atoms with van der Waals surface area (Å²) in [4.78, 5) is 20.1. The number of aromatic nitrogens is 4. The largest absolute Gasteiger partial charge is 0.360 e. The molecule has 1 saturated heterocycles. The smallest absolute Gasteiger partial charge is 0.239 e. The fourth-order valence-corrected chi connectivity index (χ4v) is 4.13. The van der Waals surface area contributed by atoms with Gasteiger partial charge < -0.3 is 10.6 Å². The topological polar surface area (TPSA) is 119 Å². The summed E-state index contributed by atoms with van der Waals surface area (Å²) < 4.78 is 24.3. The Labute approximate surface area is 127 Å². The summed E-state index contributed by atoms with van der Waals surface area (Å²) in [7, 11) is -1.23. The monoisotopic (exact) mass is 324 g/mol. The predicted octanol–water partition coefficient (Wildman–Crippen LogP) is -0.921. The first-order valence-electron chi connectivity index (χ1n) is 6.81. The number of sulfone groups is 1. The maximum Gasteiger partial charge on any atom is 0.239 e. The molecule has 1 amide bonds. The molecule has 0 radical (unpaired) electrons. The molecule has 1 aliphatic heterocycles. The number of hydrogen-bond donors (Lipinski definition) is 2. The molecule has 2 aromatic rings. The zero-order valence-corrected chi connectivity index (χ0v) is 12.8. The second-order valence-corrected chi connectivity index (χ2v) is 7.48. The van der Waals surface area contributed by atoms with Crippen LogP contribution >= 0.6 is 0 Å². The van der Waals surface area contributed by atoms with E-state index < -0.39 is 9.84 Å². The van der Waals surface area contributed by atoms with Crippen LogP contribution in [0.3, 0.4) is 0 Å². The minimum atomic E-state index is -3.00. The molecule has 2 aromatic heterocycles. The van der Waals surface area contributed by atoms with Gasteiger partial charge in [-0.1, -0.05) is 0 Å². The van der Waals surface area contributed by atoms with Crippen molar-refractivity contribution in [2.75, 3.05) is 23.4 Å². The molecule has 22 heavy (non-hydrogen) atoms. The van der Waals surface area contributed by atoms with Gasteiger partial charge in [0.25, 0.3) is 0 Å². The van der Waals surface area contributed by atoms with E-state index in [1.807, 2.05) is 0 Å². The highest BCUT2D eigenvalue weighted by molar-refractivity contribution is 7.91. The zero-order chi connectivity index (χ0) is 15.7. The van der Waals surface area contributed by atoms with Crippen LogP contribution in [0.1, 0.15) is 6.42 Å². The minimum Gasteiger partial charge on any atom is -0.360 e. The highest BCUT2D eigenvalue weighted by Gasteiger charge is 2.28. The molecule has 0 spiro atoms. The van der Waals surface area contributed by atoms with E-state index in [0.29, 0.717) is 17.9 Å². The fraction of sp³-hybridized carbons (Fsp3) is 0.500. The summed E-state index contributed by atoms with van der Waals surface area (Å²) in [6.07, 6.45) is 3.49. The van der Waals surface area contributed by atoms with Gasteiger partial charge in [-0.2, -0.15) is 5.10 Å². The van der Waals surface area contributed by atoms with Gasteiger partial charge in [-0.15, -0.1) is 0 Å². The molecular weight excluding hydrogens is 308 g/mol. The Morgan fingerprint density at radius 2 is 2.27 bits per heavy atom. The van der Waals surface area contributed by atoms with E-state index in [1.165, 1.54) is 6.33 Å². The third-order valence-electron chi connectivity index (χ3n) is 3.54. The fourth-order valence-electron chi connectivity index (χ4n) is 2.45. The second kappa shape index (κ2) is 5.52. The highest BCUT2D eigenvalue weighted by atomic mass is 32.2. The van der Waals surface area contributed by atoms with Crippen molar-refractivity contribution in [1.29, 1.82) is 0 Å². The summed E-state index contributed by atoms with van der Waals surface area (Å²) in [6, 6.07) is -0.303. The molecule has 118 valence electrons. The Morgan fingerprint density at radius 3 is 3.00 bits per heavy atom. The van der Waals surface area contributed by atoms with E-state index in [9.17, 15) is 13.2 Å². The Bertz CT molecular complexity index is 815. The van der Waals surface area contributed by atoms with Crippen LogP contribution in [-0.2, 0) is 21.7 Å². The first-order valence-corrected chi connectivity index (χ1v) is 8.63. The van der Waals surface area contributed by atoms with Gasteiger partial charge in [-0.05, 0) is 6.42 Å². The number of nitrogens with zero attached hydrogens (tertiary/aromatic N) is 4. The molecule has 0 aromatic carbocycles. The van der Waals surface area contributed by atoms with E-state index >= 15 is 0 Å². The van der Waals surface area contributed by atoms with Gasteiger partial charge in [-0.25, -0.2) is 18.4 Å². The molecule has 0 bridgehead atoms. The second-order valence-electron chi connectivity index (χ2n) is 5.25. The van der Waals surface area contributed by atoms with Crippen molar-refractivity contribution in [2.45, 2.75) is 12.5 Å². The van der Waals surface area contributed by atoms with Crippen molar-refractivity contribution in [3.05, 3.63) is 12.5 Å². The summed E-state index contributed by atoms with van der Waals surface area (Å²) in [6.45, 7) is 0.0115. The van der Waals surface area contributed by atoms with E-state index in [1.54, 1.807) is 17.9 Å². The maximum absolute atomic E-state index is 11.9. The standard InChI is InChI=1S/C12H16N6O3S/c1-18-12-9(4-16-18)11(14-7-15-12)13-5-10(19)17-8-2-3-22(20,21)6-8/h4,7-8H,2-3,5-6H2,1H3,(H,17,19)(H,13,14,15)/t8-/m0/s1. The lowest BCUT2D eigenvalue weighted by atomic mass is 10.2. The Hall–Kier alpha value is -2.23. The van der Waals surface area contributed by atoms with E-state index in [-0.39, 0.29) is 30.0 Å². The van der Waals surface area contributed by atoms with Gasteiger partial charge in [-0.3, -0.25) is 9.48 Å². The number of amides is 1. The first kappa shape index (κ1) is 14.7. The van der Waals surface area contributed by atoms with Crippen LogP contribution in [0, 0.1) is 0 Å². The van der Waals surface area contributed by atoms with Gasteiger partial charge in [0, 0.05) is 13.1 Å². The lowest BCUT2D eigenvalue weighted by Crippen LogP contribution is -2.39. The number of fused-ring (bicyclic) bond motifs is 1. The predicted molar refractivity (Wildman–Crippen MR) is 80.0 cm³/mol. The maximum atomic E-state index is 11.9. The van der Waals surface area contributed by atoms with Crippen LogP contribution in [-0.4, -0.2) is 58.2 Å². The van der Waals surface area contributed by atoms with E-state index in [4.69, 9.17) is 0 Å². The zero-order valence-electron chi connectivity index (χ0n) is 12.0. The molecule has 1 aliphatic rings. The molecule has 10 heteroatoms. The molecule has 0 unspecified atom stereocenters. The van der Waals surface area contributed by atoms with Crippen molar-refractivity contribution in [3.63, 3.8) is 0 Å². The minimum absolute atomic E-state index is 0.0115. The molecule has 0 saturated carbocycles. The number of carbonyl (C=O) groups is 1. The van der Waals surface area contributed by atoms with Gasteiger partial charge in [0.1, 0.15) is 12.1 Å². The van der Waals surface area contributed by atoms with Gasteiger partial charge in [0.2, 0.25) is 5.91 Å². The average Bonchev–Trinajstić information content (AvgIpc) is 3.00. The third-order valence-corrected chi connectivity index (χ3v) is 5.31. The van der Waals surface area contributed by atoms with Gasteiger partial charge in [0.05, 0.1) is 29.6 Å².